The lowest BCUT2D eigenvalue weighted by atomic mass is 10.1. The molecule has 1 aromatic rings. The van der Waals surface area contributed by atoms with Crippen LogP contribution in [0.2, 0.25) is 0 Å². The average Bonchev–Trinajstić information content (AvgIpc) is 2.90. The molecule has 1 aliphatic carbocycles. The molecule has 0 bridgehead atoms. The number of carbonyl (C=O) groups excluding carboxylic acids is 1. The summed E-state index contributed by atoms with van der Waals surface area (Å²) < 4.78 is 2.29. The number of hydrogen-bond acceptors (Lipinski definition) is 4. The Balaban J connectivity index is 1.55. The van der Waals surface area contributed by atoms with Crippen LogP contribution in [0.1, 0.15) is 50.8 Å². The van der Waals surface area contributed by atoms with Gasteiger partial charge in [-0.1, -0.05) is 18.2 Å². The summed E-state index contributed by atoms with van der Waals surface area (Å²) in [5.74, 6) is 2.94. The minimum absolute atomic E-state index is 0.319. The summed E-state index contributed by atoms with van der Waals surface area (Å²) in [5, 5.41) is 9.68. The van der Waals surface area contributed by atoms with Gasteiger partial charge in [-0.2, -0.15) is 0 Å². The normalized spacial score (nSPS) is 23.4. The summed E-state index contributed by atoms with van der Waals surface area (Å²) >= 11 is 1.78. The first kappa shape index (κ1) is 13.2. The first-order chi connectivity index (χ1) is 9.34. The minimum Gasteiger partial charge on any atom is -0.306 e. The Morgan fingerprint density at radius 2 is 2.11 bits per heavy atom. The van der Waals surface area contributed by atoms with Crippen LogP contribution in [0.3, 0.4) is 0 Å². The molecule has 2 heterocycles. The van der Waals surface area contributed by atoms with Gasteiger partial charge in [0.1, 0.15) is 11.6 Å². The lowest BCUT2D eigenvalue weighted by Crippen LogP contribution is -2.08. The van der Waals surface area contributed by atoms with Gasteiger partial charge in [0.05, 0.1) is 0 Å². The van der Waals surface area contributed by atoms with Crippen LogP contribution >= 0.6 is 11.8 Å². The molecule has 1 aromatic heterocycles. The quantitative estimate of drug-likeness (QED) is 0.795. The van der Waals surface area contributed by atoms with Crippen LogP contribution in [-0.4, -0.2) is 26.3 Å². The van der Waals surface area contributed by atoms with Crippen LogP contribution in [0, 0.1) is 5.92 Å². The van der Waals surface area contributed by atoms with E-state index in [2.05, 4.69) is 14.8 Å². The molecule has 3 rings (SSSR count). The maximum absolute atomic E-state index is 11.6. The van der Waals surface area contributed by atoms with Crippen molar-refractivity contribution in [3.8, 4) is 0 Å². The molecule has 1 atom stereocenters. The van der Waals surface area contributed by atoms with Crippen molar-refractivity contribution in [2.75, 3.05) is 5.75 Å². The Morgan fingerprint density at radius 3 is 2.95 bits per heavy atom. The van der Waals surface area contributed by atoms with E-state index in [9.17, 15) is 4.79 Å². The molecular weight excluding hydrogens is 258 g/mol. The van der Waals surface area contributed by atoms with Crippen LogP contribution in [0.15, 0.2) is 5.16 Å². The predicted octanol–water partition coefficient (Wildman–Crippen LogP) is 2.86. The van der Waals surface area contributed by atoms with Gasteiger partial charge in [-0.05, 0) is 32.1 Å². The average molecular weight is 279 g/mol. The Kier molecular flexibility index (Phi) is 4.21. The topological polar surface area (TPSA) is 47.8 Å². The van der Waals surface area contributed by atoms with Gasteiger partial charge in [-0.3, -0.25) is 4.79 Å². The highest BCUT2D eigenvalue weighted by Crippen LogP contribution is 2.28. The number of fused-ring (bicyclic) bond motifs is 1. The van der Waals surface area contributed by atoms with Crippen molar-refractivity contribution in [2.45, 2.75) is 63.1 Å². The zero-order chi connectivity index (χ0) is 13.1. The van der Waals surface area contributed by atoms with E-state index in [-0.39, 0.29) is 0 Å². The van der Waals surface area contributed by atoms with Gasteiger partial charge in [-0.15, -0.1) is 10.2 Å². The molecule has 0 N–H and O–H groups in total. The van der Waals surface area contributed by atoms with Gasteiger partial charge in [0.25, 0.3) is 0 Å². The maximum Gasteiger partial charge on any atom is 0.191 e. The summed E-state index contributed by atoms with van der Waals surface area (Å²) in [6.45, 7) is 1.06. The maximum atomic E-state index is 11.6. The van der Waals surface area contributed by atoms with Crippen molar-refractivity contribution in [1.29, 1.82) is 0 Å². The Bertz CT molecular complexity index is 458. The molecule has 1 aliphatic heterocycles. The highest BCUT2D eigenvalue weighted by atomic mass is 32.2. The number of aryl methyl sites for hydroxylation is 1. The van der Waals surface area contributed by atoms with Crippen molar-refractivity contribution >= 4 is 17.5 Å². The molecule has 0 saturated heterocycles. The van der Waals surface area contributed by atoms with E-state index in [4.69, 9.17) is 0 Å². The zero-order valence-corrected chi connectivity index (χ0v) is 12.1. The number of hydrogen-bond donors (Lipinski definition) is 0. The molecule has 4 nitrogen and oxygen atoms in total. The number of thioether (sulfide) groups is 1. The molecule has 0 amide bonds. The molecule has 19 heavy (non-hydrogen) atoms. The molecule has 0 spiro atoms. The highest BCUT2D eigenvalue weighted by molar-refractivity contribution is 7.99. The van der Waals surface area contributed by atoms with E-state index in [1.54, 1.807) is 11.8 Å². The zero-order valence-electron chi connectivity index (χ0n) is 11.3. The molecule has 0 aromatic carbocycles. The van der Waals surface area contributed by atoms with Gasteiger partial charge in [0, 0.05) is 31.1 Å². The third-order valence-corrected chi connectivity index (χ3v) is 5.20. The minimum atomic E-state index is 0.319. The number of carbonyl (C=O) groups is 1. The second kappa shape index (κ2) is 6.07. The summed E-state index contributed by atoms with van der Waals surface area (Å²) in [6.07, 6.45) is 8.82. The lowest BCUT2D eigenvalue weighted by Gasteiger charge is -2.08. The Hall–Kier alpha value is -0.840. The van der Waals surface area contributed by atoms with Crippen molar-refractivity contribution in [1.82, 2.24) is 14.8 Å². The van der Waals surface area contributed by atoms with Crippen molar-refractivity contribution < 1.29 is 4.79 Å². The standard InChI is InChI=1S/C14H21N3OS/c18-12-6-4-5-11(12)8-10-19-14-16-15-13-7-2-1-3-9-17(13)14/h11H,1-10H2. The monoisotopic (exact) mass is 279 g/mol. The number of ketones is 1. The highest BCUT2D eigenvalue weighted by Gasteiger charge is 2.24. The van der Waals surface area contributed by atoms with Gasteiger partial charge in [0.2, 0.25) is 0 Å². The summed E-state index contributed by atoms with van der Waals surface area (Å²) in [6, 6.07) is 0. The lowest BCUT2D eigenvalue weighted by molar-refractivity contribution is -0.120. The van der Waals surface area contributed by atoms with E-state index < -0.39 is 0 Å². The van der Waals surface area contributed by atoms with E-state index in [0.29, 0.717) is 11.7 Å². The van der Waals surface area contributed by atoms with E-state index in [1.807, 2.05) is 0 Å². The molecular formula is C14H21N3OS. The van der Waals surface area contributed by atoms with Crippen molar-refractivity contribution in [3.63, 3.8) is 0 Å². The van der Waals surface area contributed by atoms with Crippen LogP contribution in [-0.2, 0) is 17.8 Å². The number of rotatable bonds is 4. The molecule has 104 valence electrons. The SMILES string of the molecule is O=C1CCCC1CCSc1nnc2n1CCCCC2. The molecule has 1 unspecified atom stereocenters. The van der Waals surface area contributed by atoms with Gasteiger partial charge >= 0.3 is 0 Å². The van der Waals surface area contributed by atoms with Gasteiger partial charge in [-0.25, -0.2) is 0 Å². The van der Waals surface area contributed by atoms with Crippen LogP contribution < -0.4 is 0 Å². The first-order valence-electron chi connectivity index (χ1n) is 7.42. The summed E-state index contributed by atoms with van der Waals surface area (Å²) in [5.41, 5.74) is 0. The van der Waals surface area contributed by atoms with E-state index in [0.717, 1.165) is 55.4 Å². The third kappa shape index (κ3) is 3.02. The molecule has 5 heteroatoms. The fraction of sp³-hybridized carbons (Fsp3) is 0.786. The van der Waals surface area contributed by atoms with Crippen molar-refractivity contribution in [2.24, 2.45) is 5.92 Å². The predicted molar refractivity (Wildman–Crippen MR) is 75.3 cm³/mol. The summed E-state index contributed by atoms with van der Waals surface area (Å²) in [4.78, 5) is 11.6. The number of Topliss-reactive ketones (excluding diaryl/α,β-unsaturated/α-hetero) is 1. The smallest absolute Gasteiger partial charge is 0.191 e. The van der Waals surface area contributed by atoms with Crippen molar-refractivity contribution in [3.05, 3.63) is 5.82 Å². The molecule has 2 aliphatic rings. The number of aromatic nitrogens is 3. The van der Waals surface area contributed by atoms with Crippen LogP contribution in [0.25, 0.3) is 0 Å². The second-order valence-corrected chi connectivity index (χ2v) is 6.62. The van der Waals surface area contributed by atoms with Crippen LogP contribution in [0.4, 0.5) is 0 Å². The molecule has 0 radical (unpaired) electrons. The largest absolute Gasteiger partial charge is 0.306 e. The fourth-order valence-corrected chi connectivity index (χ4v) is 4.09. The Labute approximate surface area is 118 Å². The third-order valence-electron chi connectivity index (χ3n) is 4.20. The van der Waals surface area contributed by atoms with Gasteiger partial charge < -0.3 is 4.57 Å². The number of nitrogens with zero attached hydrogens (tertiary/aromatic N) is 3. The fourth-order valence-electron chi connectivity index (χ4n) is 3.05. The van der Waals surface area contributed by atoms with E-state index >= 15 is 0 Å². The molecule has 1 fully saturated rings. The van der Waals surface area contributed by atoms with E-state index in [1.165, 1.54) is 19.3 Å². The molecule has 1 saturated carbocycles. The summed E-state index contributed by atoms with van der Waals surface area (Å²) in [7, 11) is 0. The first-order valence-corrected chi connectivity index (χ1v) is 8.41. The second-order valence-electron chi connectivity index (χ2n) is 5.55. The Morgan fingerprint density at radius 1 is 1.16 bits per heavy atom. The van der Waals surface area contributed by atoms with Gasteiger partial charge in [0.15, 0.2) is 5.16 Å². The van der Waals surface area contributed by atoms with Crippen LogP contribution in [0.5, 0.6) is 0 Å².